The van der Waals surface area contributed by atoms with Gasteiger partial charge in [-0.2, -0.15) is 11.8 Å². The summed E-state index contributed by atoms with van der Waals surface area (Å²) >= 11 is 2.11. The molecule has 56 valence electrons. The number of allylic oxidation sites excluding steroid dienone is 1. The van der Waals surface area contributed by atoms with E-state index < -0.39 is 0 Å². The zero-order chi connectivity index (χ0) is 6.81. The summed E-state index contributed by atoms with van der Waals surface area (Å²) in [6.07, 6.45) is 8.22. The molecule has 0 spiro atoms. The Morgan fingerprint density at radius 3 is 3.30 bits per heavy atom. The highest BCUT2D eigenvalue weighted by Gasteiger charge is 2.20. The minimum Gasteiger partial charge on any atom is -0.158 e. The van der Waals surface area contributed by atoms with Crippen molar-refractivity contribution in [2.24, 2.45) is 5.92 Å². The van der Waals surface area contributed by atoms with E-state index in [1.165, 1.54) is 37.2 Å². The van der Waals surface area contributed by atoms with Gasteiger partial charge in [0.25, 0.3) is 0 Å². The molecule has 1 atom stereocenters. The lowest BCUT2D eigenvalue weighted by molar-refractivity contribution is 0.496. The third-order valence-electron chi connectivity index (χ3n) is 2.57. The van der Waals surface area contributed by atoms with Crippen molar-refractivity contribution < 1.29 is 0 Å². The van der Waals surface area contributed by atoms with Gasteiger partial charge in [0.2, 0.25) is 0 Å². The number of hydrogen-bond donors (Lipinski definition) is 0. The molecule has 1 heteroatoms. The van der Waals surface area contributed by atoms with Crippen LogP contribution in [0.4, 0.5) is 0 Å². The summed E-state index contributed by atoms with van der Waals surface area (Å²) in [5.74, 6) is 3.74. The van der Waals surface area contributed by atoms with Crippen LogP contribution < -0.4 is 0 Å². The number of rotatable bonds is 0. The van der Waals surface area contributed by atoms with Crippen LogP contribution in [0.2, 0.25) is 0 Å². The smallest absolute Gasteiger partial charge is 0.0146 e. The van der Waals surface area contributed by atoms with Crippen LogP contribution in [0, 0.1) is 5.92 Å². The first-order chi connectivity index (χ1) is 4.97. The molecule has 1 aliphatic heterocycles. The molecule has 0 bridgehead atoms. The van der Waals surface area contributed by atoms with Gasteiger partial charge < -0.3 is 0 Å². The summed E-state index contributed by atoms with van der Waals surface area (Å²) in [6.45, 7) is 0. The molecule has 1 heterocycles. The lowest BCUT2D eigenvalue weighted by Crippen LogP contribution is -2.15. The van der Waals surface area contributed by atoms with Gasteiger partial charge >= 0.3 is 0 Å². The van der Waals surface area contributed by atoms with Crippen LogP contribution in [0.1, 0.15) is 25.7 Å². The normalized spacial score (nSPS) is 32.8. The maximum atomic E-state index is 2.49. The molecule has 10 heavy (non-hydrogen) atoms. The standard InChI is InChI=1S/C9H14S/c1-2-4-9-7-10-6-5-8(9)3-1/h4,8H,1-3,5-7H2. The highest BCUT2D eigenvalue weighted by atomic mass is 32.2. The van der Waals surface area contributed by atoms with Crippen molar-refractivity contribution in [2.75, 3.05) is 11.5 Å². The van der Waals surface area contributed by atoms with Crippen LogP contribution in [0.15, 0.2) is 11.6 Å². The van der Waals surface area contributed by atoms with E-state index in [0.717, 1.165) is 5.92 Å². The minimum atomic E-state index is 0.995. The van der Waals surface area contributed by atoms with Gasteiger partial charge in [0.15, 0.2) is 0 Å². The summed E-state index contributed by atoms with van der Waals surface area (Å²) in [5, 5.41) is 0. The molecule has 0 saturated carbocycles. The summed E-state index contributed by atoms with van der Waals surface area (Å²) in [4.78, 5) is 0. The molecule has 2 aliphatic rings. The molecule has 1 fully saturated rings. The number of thioether (sulfide) groups is 1. The van der Waals surface area contributed by atoms with Crippen molar-refractivity contribution in [3.63, 3.8) is 0 Å². The molecule has 0 aromatic carbocycles. The fraction of sp³-hybridized carbons (Fsp3) is 0.778. The molecule has 0 N–H and O–H groups in total. The predicted octanol–water partition coefficient (Wildman–Crippen LogP) is 2.85. The number of fused-ring (bicyclic) bond motifs is 1. The third-order valence-corrected chi connectivity index (χ3v) is 3.63. The Morgan fingerprint density at radius 1 is 1.40 bits per heavy atom. The molecule has 1 saturated heterocycles. The van der Waals surface area contributed by atoms with Crippen LogP contribution in [-0.2, 0) is 0 Å². The minimum absolute atomic E-state index is 0.995. The monoisotopic (exact) mass is 154 g/mol. The first-order valence-corrected chi connectivity index (χ1v) is 5.39. The zero-order valence-electron chi connectivity index (χ0n) is 6.31. The number of hydrogen-bond acceptors (Lipinski definition) is 1. The van der Waals surface area contributed by atoms with Crippen molar-refractivity contribution >= 4 is 11.8 Å². The molecule has 0 aromatic heterocycles. The van der Waals surface area contributed by atoms with E-state index >= 15 is 0 Å². The van der Waals surface area contributed by atoms with E-state index in [1.807, 2.05) is 0 Å². The van der Waals surface area contributed by atoms with Gasteiger partial charge in [-0.05, 0) is 37.4 Å². The Hall–Kier alpha value is 0.0900. The Labute approximate surface area is 67.1 Å². The van der Waals surface area contributed by atoms with Crippen LogP contribution >= 0.6 is 11.8 Å². The summed E-state index contributed by atoms with van der Waals surface area (Å²) in [6, 6.07) is 0. The molecular weight excluding hydrogens is 140 g/mol. The molecule has 0 radical (unpaired) electrons. The first-order valence-electron chi connectivity index (χ1n) is 4.23. The molecule has 1 aliphatic carbocycles. The van der Waals surface area contributed by atoms with E-state index in [4.69, 9.17) is 0 Å². The van der Waals surface area contributed by atoms with Gasteiger partial charge in [-0.1, -0.05) is 11.6 Å². The van der Waals surface area contributed by atoms with Crippen LogP contribution in [-0.4, -0.2) is 11.5 Å². The first kappa shape index (κ1) is 6.78. The molecule has 0 nitrogen and oxygen atoms in total. The Bertz CT molecular complexity index is 149. The maximum Gasteiger partial charge on any atom is 0.0146 e. The topological polar surface area (TPSA) is 0 Å². The molecule has 0 aromatic rings. The largest absolute Gasteiger partial charge is 0.158 e. The highest BCUT2D eigenvalue weighted by Crippen LogP contribution is 2.34. The molecule has 2 rings (SSSR count). The van der Waals surface area contributed by atoms with E-state index in [-0.39, 0.29) is 0 Å². The average molecular weight is 154 g/mol. The third kappa shape index (κ3) is 1.24. The second-order valence-corrected chi connectivity index (χ2v) is 4.35. The average Bonchev–Trinajstić information content (AvgIpc) is 2.05. The van der Waals surface area contributed by atoms with Crippen LogP contribution in [0.5, 0.6) is 0 Å². The van der Waals surface area contributed by atoms with Gasteiger partial charge in [-0.3, -0.25) is 0 Å². The second-order valence-electron chi connectivity index (χ2n) is 3.25. The lowest BCUT2D eigenvalue weighted by atomic mass is 9.86. The van der Waals surface area contributed by atoms with Gasteiger partial charge in [0.1, 0.15) is 0 Å². The fourth-order valence-corrected chi connectivity index (χ4v) is 3.11. The van der Waals surface area contributed by atoms with Crippen molar-refractivity contribution in [1.82, 2.24) is 0 Å². The van der Waals surface area contributed by atoms with Gasteiger partial charge in [0, 0.05) is 5.75 Å². The summed E-state index contributed by atoms with van der Waals surface area (Å²) < 4.78 is 0. The SMILES string of the molecule is C1=C2CSCCC2CCC1. The second kappa shape index (κ2) is 3.00. The summed E-state index contributed by atoms with van der Waals surface area (Å²) in [5.41, 5.74) is 1.77. The zero-order valence-corrected chi connectivity index (χ0v) is 7.12. The molecule has 1 unspecified atom stereocenters. The Kier molecular flexibility index (Phi) is 2.03. The van der Waals surface area contributed by atoms with Crippen molar-refractivity contribution in [1.29, 1.82) is 0 Å². The van der Waals surface area contributed by atoms with Crippen molar-refractivity contribution in [2.45, 2.75) is 25.7 Å². The fourth-order valence-electron chi connectivity index (χ4n) is 1.93. The Balaban J connectivity index is 2.08. The quantitative estimate of drug-likeness (QED) is 0.483. The van der Waals surface area contributed by atoms with Gasteiger partial charge in [-0.15, -0.1) is 0 Å². The summed E-state index contributed by atoms with van der Waals surface area (Å²) in [7, 11) is 0. The van der Waals surface area contributed by atoms with E-state index in [0.29, 0.717) is 0 Å². The molecule has 0 amide bonds. The van der Waals surface area contributed by atoms with Crippen molar-refractivity contribution in [3.8, 4) is 0 Å². The lowest BCUT2D eigenvalue weighted by Gasteiger charge is -2.28. The highest BCUT2D eigenvalue weighted by molar-refractivity contribution is 7.99. The van der Waals surface area contributed by atoms with Gasteiger partial charge in [0.05, 0.1) is 0 Å². The van der Waals surface area contributed by atoms with Crippen LogP contribution in [0.25, 0.3) is 0 Å². The Morgan fingerprint density at radius 2 is 2.40 bits per heavy atom. The van der Waals surface area contributed by atoms with E-state index in [1.54, 1.807) is 5.57 Å². The molecular formula is C9H14S. The van der Waals surface area contributed by atoms with Gasteiger partial charge in [-0.25, -0.2) is 0 Å². The van der Waals surface area contributed by atoms with Crippen LogP contribution in [0.3, 0.4) is 0 Å². The van der Waals surface area contributed by atoms with E-state index in [9.17, 15) is 0 Å². The van der Waals surface area contributed by atoms with Crippen molar-refractivity contribution in [3.05, 3.63) is 11.6 Å². The van der Waals surface area contributed by atoms with E-state index in [2.05, 4.69) is 17.8 Å². The predicted molar refractivity (Wildman–Crippen MR) is 47.4 cm³/mol. The maximum absolute atomic E-state index is 2.49.